The summed E-state index contributed by atoms with van der Waals surface area (Å²) < 4.78 is 0. The fraction of sp³-hybridized carbons (Fsp3) is 0.368. The standard InChI is InChI=1S/C19H25N/c1-4-18-10-5-6-11-19(18)20-16(3)12-13-17-9-7-8-15(2)14-17/h5-11,14,16,20H,4,12-13H2,1-3H3. The second-order valence-electron chi connectivity index (χ2n) is 5.58. The van der Waals surface area contributed by atoms with Gasteiger partial charge in [0, 0.05) is 11.7 Å². The second-order valence-corrected chi connectivity index (χ2v) is 5.58. The van der Waals surface area contributed by atoms with Crippen molar-refractivity contribution in [2.75, 3.05) is 5.32 Å². The Kier molecular flexibility index (Phi) is 5.23. The lowest BCUT2D eigenvalue weighted by molar-refractivity contribution is 0.705. The number of benzene rings is 2. The van der Waals surface area contributed by atoms with Gasteiger partial charge in [-0.25, -0.2) is 0 Å². The predicted octanol–water partition coefficient (Wildman–Crippen LogP) is 4.99. The molecule has 0 radical (unpaired) electrons. The molecule has 0 saturated carbocycles. The maximum atomic E-state index is 3.65. The van der Waals surface area contributed by atoms with E-state index in [4.69, 9.17) is 0 Å². The van der Waals surface area contributed by atoms with E-state index in [1.54, 1.807) is 0 Å². The van der Waals surface area contributed by atoms with Crippen molar-refractivity contribution >= 4 is 5.69 Å². The lowest BCUT2D eigenvalue weighted by Crippen LogP contribution is -2.17. The summed E-state index contributed by atoms with van der Waals surface area (Å²) in [5, 5.41) is 3.65. The lowest BCUT2D eigenvalue weighted by Gasteiger charge is -2.18. The van der Waals surface area contributed by atoms with Crippen molar-refractivity contribution in [1.29, 1.82) is 0 Å². The molecule has 1 N–H and O–H groups in total. The van der Waals surface area contributed by atoms with Gasteiger partial charge in [-0.3, -0.25) is 0 Å². The molecule has 0 saturated heterocycles. The number of nitrogens with one attached hydrogen (secondary N) is 1. The normalized spacial score (nSPS) is 12.2. The van der Waals surface area contributed by atoms with Gasteiger partial charge in [0.1, 0.15) is 0 Å². The van der Waals surface area contributed by atoms with Crippen molar-refractivity contribution in [3.8, 4) is 0 Å². The average Bonchev–Trinajstić information content (AvgIpc) is 2.46. The van der Waals surface area contributed by atoms with Crippen LogP contribution in [0.5, 0.6) is 0 Å². The molecule has 1 unspecified atom stereocenters. The summed E-state index contributed by atoms with van der Waals surface area (Å²) >= 11 is 0. The van der Waals surface area contributed by atoms with Crippen LogP contribution >= 0.6 is 0 Å². The Morgan fingerprint density at radius 3 is 2.60 bits per heavy atom. The molecular weight excluding hydrogens is 242 g/mol. The van der Waals surface area contributed by atoms with Crippen molar-refractivity contribution in [3.63, 3.8) is 0 Å². The fourth-order valence-electron chi connectivity index (χ4n) is 2.56. The third-order valence-electron chi connectivity index (χ3n) is 3.75. The molecule has 0 amide bonds. The third-order valence-corrected chi connectivity index (χ3v) is 3.75. The van der Waals surface area contributed by atoms with Crippen molar-refractivity contribution in [1.82, 2.24) is 0 Å². The average molecular weight is 267 g/mol. The van der Waals surface area contributed by atoms with Gasteiger partial charge in [-0.05, 0) is 50.3 Å². The highest BCUT2D eigenvalue weighted by Gasteiger charge is 2.05. The summed E-state index contributed by atoms with van der Waals surface area (Å²) in [7, 11) is 0. The van der Waals surface area contributed by atoms with E-state index in [0.717, 1.165) is 19.3 Å². The van der Waals surface area contributed by atoms with Crippen LogP contribution in [0, 0.1) is 6.92 Å². The maximum absolute atomic E-state index is 3.65. The Hall–Kier alpha value is -1.76. The molecule has 1 heteroatoms. The minimum atomic E-state index is 0.489. The molecule has 2 aromatic carbocycles. The number of anilines is 1. The van der Waals surface area contributed by atoms with E-state index in [2.05, 4.69) is 74.6 Å². The highest BCUT2D eigenvalue weighted by molar-refractivity contribution is 5.51. The summed E-state index contributed by atoms with van der Waals surface area (Å²) in [6.07, 6.45) is 3.36. The summed E-state index contributed by atoms with van der Waals surface area (Å²) in [4.78, 5) is 0. The van der Waals surface area contributed by atoms with Crippen LogP contribution in [-0.4, -0.2) is 6.04 Å². The molecule has 1 atom stereocenters. The Morgan fingerprint density at radius 2 is 1.85 bits per heavy atom. The van der Waals surface area contributed by atoms with Crippen molar-refractivity contribution in [2.45, 2.75) is 46.1 Å². The Balaban J connectivity index is 1.91. The highest BCUT2D eigenvalue weighted by atomic mass is 14.9. The monoisotopic (exact) mass is 267 g/mol. The van der Waals surface area contributed by atoms with Crippen LogP contribution in [0.25, 0.3) is 0 Å². The van der Waals surface area contributed by atoms with Crippen LogP contribution in [0.15, 0.2) is 48.5 Å². The first-order chi connectivity index (χ1) is 9.69. The molecule has 2 aromatic rings. The van der Waals surface area contributed by atoms with Gasteiger partial charge in [0.15, 0.2) is 0 Å². The van der Waals surface area contributed by atoms with E-state index in [1.165, 1.54) is 22.4 Å². The largest absolute Gasteiger partial charge is 0.382 e. The molecule has 20 heavy (non-hydrogen) atoms. The van der Waals surface area contributed by atoms with E-state index in [1.807, 2.05) is 0 Å². The second kappa shape index (κ2) is 7.14. The molecule has 1 nitrogen and oxygen atoms in total. The quantitative estimate of drug-likeness (QED) is 0.777. The highest BCUT2D eigenvalue weighted by Crippen LogP contribution is 2.18. The van der Waals surface area contributed by atoms with Gasteiger partial charge in [0.2, 0.25) is 0 Å². The lowest BCUT2D eigenvalue weighted by atomic mass is 10.0. The number of rotatable bonds is 6. The first kappa shape index (κ1) is 14.6. The van der Waals surface area contributed by atoms with Crippen LogP contribution in [-0.2, 0) is 12.8 Å². The van der Waals surface area contributed by atoms with E-state index >= 15 is 0 Å². The number of para-hydroxylation sites is 1. The van der Waals surface area contributed by atoms with Gasteiger partial charge in [-0.15, -0.1) is 0 Å². The van der Waals surface area contributed by atoms with E-state index in [-0.39, 0.29) is 0 Å². The minimum Gasteiger partial charge on any atom is -0.382 e. The number of aryl methyl sites for hydroxylation is 3. The molecule has 0 heterocycles. The molecule has 0 spiro atoms. The molecule has 0 fully saturated rings. The van der Waals surface area contributed by atoms with Crippen molar-refractivity contribution in [3.05, 3.63) is 65.2 Å². The molecular formula is C19H25N. The molecule has 0 aliphatic carbocycles. The van der Waals surface area contributed by atoms with Crippen LogP contribution in [0.4, 0.5) is 5.69 Å². The molecule has 0 aliphatic rings. The Bertz CT molecular complexity index is 545. The zero-order chi connectivity index (χ0) is 14.4. The topological polar surface area (TPSA) is 12.0 Å². The fourth-order valence-corrected chi connectivity index (χ4v) is 2.56. The molecule has 0 bridgehead atoms. The van der Waals surface area contributed by atoms with Gasteiger partial charge in [-0.2, -0.15) is 0 Å². The van der Waals surface area contributed by atoms with Crippen LogP contribution in [0.2, 0.25) is 0 Å². The predicted molar refractivity (Wildman–Crippen MR) is 88.4 cm³/mol. The molecule has 0 aliphatic heterocycles. The van der Waals surface area contributed by atoms with Crippen LogP contribution < -0.4 is 5.32 Å². The summed E-state index contributed by atoms with van der Waals surface area (Å²) in [6.45, 7) is 6.63. The van der Waals surface area contributed by atoms with Gasteiger partial charge >= 0.3 is 0 Å². The molecule has 106 valence electrons. The molecule has 2 rings (SSSR count). The molecule has 0 aromatic heterocycles. The van der Waals surface area contributed by atoms with Gasteiger partial charge in [0.25, 0.3) is 0 Å². The van der Waals surface area contributed by atoms with Crippen molar-refractivity contribution in [2.24, 2.45) is 0 Å². The summed E-state index contributed by atoms with van der Waals surface area (Å²) in [6, 6.07) is 17.9. The third kappa shape index (κ3) is 4.12. The number of hydrogen-bond donors (Lipinski definition) is 1. The van der Waals surface area contributed by atoms with E-state index in [9.17, 15) is 0 Å². The minimum absolute atomic E-state index is 0.489. The van der Waals surface area contributed by atoms with Crippen molar-refractivity contribution < 1.29 is 0 Å². The van der Waals surface area contributed by atoms with Gasteiger partial charge in [-0.1, -0.05) is 55.0 Å². The zero-order valence-corrected chi connectivity index (χ0v) is 12.8. The van der Waals surface area contributed by atoms with Gasteiger partial charge < -0.3 is 5.32 Å². The maximum Gasteiger partial charge on any atom is 0.0374 e. The SMILES string of the molecule is CCc1ccccc1NC(C)CCc1cccc(C)c1. The summed E-state index contributed by atoms with van der Waals surface area (Å²) in [5.74, 6) is 0. The number of hydrogen-bond acceptors (Lipinski definition) is 1. The Morgan fingerprint density at radius 1 is 1.05 bits per heavy atom. The smallest absolute Gasteiger partial charge is 0.0374 e. The first-order valence-corrected chi connectivity index (χ1v) is 7.59. The van der Waals surface area contributed by atoms with E-state index in [0.29, 0.717) is 6.04 Å². The van der Waals surface area contributed by atoms with Gasteiger partial charge in [0.05, 0.1) is 0 Å². The van der Waals surface area contributed by atoms with E-state index < -0.39 is 0 Å². The van der Waals surface area contributed by atoms with Crippen LogP contribution in [0.1, 0.15) is 37.0 Å². The Labute approximate surface area is 123 Å². The zero-order valence-electron chi connectivity index (χ0n) is 12.8. The summed E-state index contributed by atoms with van der Waals surface area (Å²) in [5.41, 5.74) is 5.46. The van der Waals surface area contributed by atoms with Crippen LogP contribution in [0.3, 0.4) is 0 Å². The first-order valence-electron chi connectivity index (χ1n) is 7.59.